The molecule has 1 saturated heterocycles. The van der Waals surface area contributed by atoms with Gasteiger partial charge in [0.2, 0.25) is 11.8 Å². The number of hydrogen-bond donors (Lipinski definition) is 1. The van der Waals surface area contributed by atoms with Crippen LogP contribution in [0.4, 0.5) is 4.79 Å². The van der Waals surface area contributed by atoms with Crippen molar-refractivity contribution in [3.63, 3.8) is 0 Å². The maximum Gasteiger partial charge on any atom is 0.335 e. The van der Waals surface area contributed by atoms with Crippen molar-refractivity contribution < 1.29 is 24.0 Å². The first-order valence-corrected chi connectivity index (χ1v) is 8.76. The smallest absolute Gasteiger partial charge is 0.335 e. The highest BCUT2D eigenvalue weighted by Gasteiger charge is 2.45. The quantitative estimate of drug-likeness (QED) is 0.559. The Kier molecular flexibility index (Phi) is 6.17. The molecule has 0 atom stereocenters. The van der Waals surface area contributed by atoms with Crippen LogP contribution in [0.25, 0.3) is 0 Å². The first kappa shape index (κ1) is 21.1. The van der Waals surface area contributed by atoms with Gasteiger partial charge in [0.1, 0.15) is 6.54 Å². The van der Waals surface area contributed by atoms with Gasteiger partial charge in [0.05, 0.1) is 13.1 Å². The largest absolute Gasteiger partial charge is 0.350 e. The number of carbonyl (C=O) groups is 5. The molecule has 0 bridgehead atoms. The molecule has 1 fully saturated rings. The molecule has 150 valence electrons. The molecular weight excluding hydrogens is 364 g/mol. The van der Waals surface area contributed by atoms with E-state index in [1.54, 1.807) is 51.1 Å². The Hall–Kier alpha value is -3.23. The van der Waals surface area contributed by atoms with Crippen molar-refractivity contribution in [1.82, 2.24) is 20.0 Å². The predicted molar refractivity (Wildman–Crippen MR) is 99.6 cm³/mol. The molecule has 28 heavy (non-hydrogen) atoms. The number of urea groups is 1. The summed E-state index contributed by atoms with van der Waals surface area (Å²) in [5.41, 5.74) is 0.229. The van der Waals surface area contributed by atoms with Gasteiger partial charge in [-0.2, -0.15) is 0 Å². The van der Waals surface area contributed by atoms with Gasteiger partial charge < -0.3 is 10.2 Å². The summed E-state index contributed by atoms with van der Waals surface area (Å²) < 4.78 is 0. The summed E-state index contributed by atoms with van der Waals surface area (Å²) in [4.78, 5) is 63.5. The van der Waals surface area contributed by atoms with Crippen LogP contribution < -0.4 is 5.32 Å². The molecule has 0 aromatic heterocycles. The van der Waals surface area contributed by atoms with Gasteiger partial charge in [0.25, 0.3) is 0 Å². The number of carbonyl (C=O) groups excluding carboxylic acids is 5. The van der Waals surface area contributed by atoms with E-state index in [1.165, 1.54) is 7.05 Å². The molecule has 1 N–H and O–H groups in total. The zero-order valence-corrected chi connectivity index (χ0v) is 16.4. The molecule has 0 spiro atoms. The Morgan fingerprint density at radius 3 is 2.14 bits per heavy atom. The fourth-order valence-electron chi connectivity index (χ4n) is 2.61. The van der Waals surface area contributed by atoms with Crippen molar-refractivity contribution in [2.75, 3.05) is 20.1 Å². The molecule has 9 nitrogen and oxygen atoms in total. The molecule has 1 heterocycles. The third-order valence-electron chi connectivity index (χ3n) is 3.93. The highest BCUT2D eigenvalue weighted by molar-refractivity contribution is 6.44. The highest BCUT2D eigenvalue weighted by Crippen LogP contribution is 2.16. The summed E-state index contributed by atoms with van der Waals surface area (Å²) in [6, 6.07) is 7.89. The molecule has 0 unspecified atom stereocenters. The third kappa shape index (κ3) is 5.15. The fraction of sp³-hybridized carbons (Fsp3) is 0.421. The summed E-state index contributed by atoms with van der Waals surface area (Å²) in [7, 11) is 1.39. The summed E-state index contributed by atoms with van der Waals surface area (Å²) in [5, 5.41) is 2.71. The van der Waals surface area contributed by atoms with E-state index < -0.39 is 35.8 Å². The molecule has 1 aromatic carbocycles. The van der Waals surface area contributed by atoms with Crippen LogP contribution >= 0.6 is 0 Å². The van der Waals surface area contributed by atoms with Crippen LogP contribution in [-0.2, 0) is 25.7 Å². The predicted octanol–water partition coefficient (Wildman–Crippen LogP) is 0.351. The Labute approximate surface area is 163 Å². The minimum absolute atomic E-state index is 0.0568. The SMILES string of the molecule is CN(CC(=O)NC(C)(C)C)C(=O)CN1C(=O)C(=O)N(Cc2ccccc2)C1=O. The number of likely N-dealkylation sites (N-methyl/N-ethyl adjacent to an activating group) is 1. The molecule has 0 saturated carbocycles. The maximum absolute atomic E-state index is 12.5. The number of benzene rings is 1. The zero-order chi connectivity index (χ0) is 21.1. The van der Waals surface area contributed by atoms with Crippen molar-refractivity contribution in [2.24, 2.45) is 0 Å². The second kappa shape index (κ2) is 8.20. The summed E-state index contributed by atoms with van der Waals surface area (Å²) >= 11 is 0. The van der Waals surface area contributed by atoms with Gasteiger partial charge in [-0.25, -0.2) is 9.69 Å². The Bertz CT molecular complexity index is 800. The standard InChI is InChI=1S/C19H24N4O5/c1-19(2,3)20-14(24)11-21(4)15(25)12-23-17(27)16(26)22(18(23)28)10-13-8-6-5-7-9-13/h5-9H,10-12H2,1-4H3,(H,20,24). The van der Waals surface area contributed by atoms with Gasteiger partial charge in [-0.15, -0.1) is 0 Å². The lowest BCUT2D eigenvalue weighted by Crippen LogP contribution is -2.48. The third-order valence-corrected chi connectivity index (χ3v) is 3.93. The number of amides is 6. The highest BCUT2D eigenvalue weighted by atomic mass is 16.2. The molecule has 1 aliphatic rings. The minimum Gasteiger partial charge on any atom is -0.350 e. The van der Waals surface area contributed by atoms with Gasteiger partial charge in [0.15, 0.2) is 0 Å². The Morgan fingerprint density at radius 1 is 1.00 bits per heavy atom. The van der Waals surface area contributed by atoms with Crippen molar-refractivity contribution in [2.45, 2.75) is 32.9 Å². The van der Waals surface area contributed by atoms with E-state index in [0.29, 0.717) is 10.5 Å². The van der Waals surface area contributed by atoms with Crippen LogP contribution in [0.2, 0.25) is 0 Å². The molecule has 9 heteroatoms. The van der Waals surface area contributed by atoms with Crippen LogP contribution in [0.1, 0.15) is 26.3 Å². The number of nitrogens with zero attached hydrogens (tertiary/aromatic N) is 3. The van der Waals surface area contributed by atoms with E-state index >= 15 is 0 Å². The molecule has 1 aliphatic heterocycles. The number of nitrogens with one attached hydrogen (secondary N) is 1. The van der Waals surface area contributed by atoms with E-state index in [4.69, 9.17) is 0 Å². The van der Waals surface area contributed by atoms with E-state index in [0.717, 1.165) is 9.80 Å². The van der Waals surface area contributed by atoms with Crippen LogP contribution in [0, 0.1) is 0 Å². The average molecular weight is 388 g/mol. The van der Waals surface area contributed by atoms with Gasteiger partial charge in [-0.05, 0) is 26.3 Å². The first-order chi connectivity index (χ1) is 13.0. The van der Waals surface area contributed by atoms with E-state index in [2.05, 4.69) is 5.32 Å². The average Bonchev–Trinajstić information content (AvgIpc) is 2.79. The second-order valence-electron chi connectivity index (χ2n) is 7.60. The minimum atomic E-state index is -1.05. The molecule has 1 aromatic rings. The van der Waals surface area contributed by atoms with Crippen LogP contribution in [0.15, 0.2) is 30.3 Å². The van der Waals surface area contributed by atoms with Crippen molar-refractivity contribution in [3.8, 4) is 0 Å². The molecule has 2 rings (SSSR count). The van der Waals surface area contributed by atoms with E-state index in [1.807, 2.05) is 0 Å². The fourth-order valence-corrected chi connectivity index (χ4v) is 2.61. The van der Waals surface area contributed by atoms with Crippen LogP contribution in [0.5, 0.6) is 0 Å². The second-order valence-corrected chi connectivity index (χ2v) is 7.60. The van der Waals surface area contributed by atoms with Crippen LogP contribution in [-0.4, -0.2) is 70.0 Å². The summed E-state index contributed by atoms with van der Waals surface area (Å²) in [6.45, 7) is 4.53. The normalized spacial score (nSPS) is 14.5. The van der Waals surface area contributed by atoms with Crippen molar-refractivity contribution in [3.05, 3.63) is 35.9 Å². The van der Waals surface area contributed by atoms with Gasteiger partial charge in [0, 0.05) is 12.6 Å². The maximum atomic E-state index is 12.5. The van der Waals surface area contributed by atoms with E-state index in [9.17, 15) is 24.0 Å². The van der Waals surface area contributed by atoms with Gasteiger partial charge >= 0.3 is 17.8 Å². The van der Waals surface area contributed by atoms with Crippen molar-refractivity contribution in [1.29, 1.82) is 0 Å². The van der Waals surface area contributed by atoms with E-state index in [-0.39, 0.29) is 19.0 Å². The molecule has 0 radical (unpaired) electrons. The van der Waals surface area contributed by atoms with Crippen molar-refractivity contribution >= 4 is 29.7 Å². The molecule has 6 amide bonds. The number of imide groups is 2. The number of rotatable bonds is 6. The monoisotopic (exact) mass is 388 g/mol. The Morgan fingerprint density at radius 2 is 1.57 bits per heavy atom. The number of hydrogen-bond acceptors (Lipinski definition) is 5. The topological polar surface area (TPSA) is 107 Å². The summed E-state index contributed by atoms with van der Waals surface area (Å²) in [5.74, 6) is -3.03. The molecule has 0 aliphatic carbocycles. The first-order valence-electron chi connectivity index (χ1n) is 8.76. The zero-order valence-electron chi connectivity index (χ0n) is 16.4. The Balaban J connectivity index is 2.00. The lowest BCUT2D eigenvalue weighted by Gasteiger charge is -2.24. The molecular formula is C19H24N4O5. The lowest BCUT2D eigenvalue weighted by molar-refractivity contribution is -0.145. The van der Waals surface area contributed by atoms with Gasteiger partial charge in [-0.1, -0.05) is 30.3 Å². The lowest BCUT2D eigenvalue weighted by atomic mass is 10.1. The van der Waals surface area contributed by atoms with Crippen LogP contribution in [0.3, 0.4) is 0 Å². The summed E-state index contributed by atoms with van der Waals surface area (Å²) in [6.07, 6.45) is 0. The van der Waals surface area contributed by atoms with Gasteiger partial charge in [-0.3, -0.25) is 24.1 Å².